The first-order chi connectivity index (χ1) is 7.36. The molecule has 0 atom stereocenters. The van der Waals surface area contributed by atoms with Gasteiger partial charge < -0.3 is 4.74 Å². The van der Waals surface area contributed by atoms with Crippen molar-refractivity contribution in [2.45, 2.75) is 19.3 Å². The summed E-state index contributed by atoms with van der Waals surface area (Å²) in [5.41, 5.74) is 1.81. The van der Waals surface area contributed by atoms with Crippen molar-refractivity contribution in [3.05, 3.63) is 41.9 Å². The maximum atomic E-state index is 11.8. The number of Topliss-reactive ketones (excluding diaryl/α,β-unsaturated/α-hetero) is 1. The molecule has 0 N–H and O–H groups in total. The van der Waals surface area contributed by atoms with Gasteiger partial charge in [-0.15, -0.1) is 0 Å². The Bertz CT molecular complexity index is 370. The van der Waals surface area contributed by atoms with E-state index in [-0.39, 0.29) is 5.78 Å². The van der Waals surface area contributed by atoms with Gasteiger partial charge in [-0.3, -0.25) is 9.78 Å². The minimum Gasteiger partial charge on any atom is -0.501 e. The van der Waals surface area contributed by atoms with Gasteiger partial charge in [0.15, 0.2) is 5.78 Å². The van der Waals surface area contributed by atoms with E-state index in [2.05, 4.69) is 4.98 Å². The molecule has 3 heteroatoms. The third kappa shape index (κ3) is 2.65. The van der Waals surface area contributed by atoms with Gasteiger partial charge in [0, 0.05) is 24.4 Å². The molecule has 1 aliphatic rings. The molecular weight excluding hydrogens is 190 g/mol. The molecule has 78 valence electrons. The fraction of sp³-hybridized carbons (Fsp3) is 0.333. The number of aromatic nitrogens is 1. The molecule has 0 aromatic carbocycles. The largest absolute Gasteiger partial charge is 0.501 e. The molecule has 1 aromatic heterocycles. The van der Waals surface area contributed by atoms with E-state index in [0.29, 0.717) is 6.42 Å². The summed E-state index contributed by atoms with van der Waals surface area (Å²) in [4.78, 5) is 15.7. The topological polar surface area (TPSA) is 39.2 Å². The molecule has 0 radical (unpaired) electrons. The maximum absolute atomic E-state index is 11.8. The van der Waals surface area contributed by atoms with E-state index in [1.54, 1.807) is 18.7 Å². The summed E-state index contributed by atoms with van der Waals surface area (Å²) in [6.07, 6.45) is 7.23. The minimum atomic E-state index is 0.154. The summed E-state index contributed by atoms with van der Waals surface area (Å²) < 4.78 is 5.15. The standard InChI is InChI=1S/C12H13NO2/c14-12(11-2-1-7-15-9-11)8-10-3-5-13-6-4-10/h3-6,9H,1-2,7-8H2. The van der Waals surface area contributed by atoms with E-state index >= 15 is 0 Å². The summed E-state index contributed by atoms with van der Waals surface area (Å²) in [7, 11) is 0. The minimum absolute atomic E-state index is 0.154. The Morgan fingerprint density at radius 2 is 2.20 bits per heavy atom. The van der Waals surface area contributed by atoms with Crippen molar-refractivity contribution in [2.24, 2.45) is 0 Å². The van der Waals surface area contributed by atoms with E-state index in [0.717, 1.165) is 30.6 Å². The average Bonchev–Trinajstić information content (AvgIpc) is 2.31. The summed E-state index contributed by atoms with van der Waals surface area (Å²) in [6.45, 7) is 0.728. The van der Waals surface area contributed by atoms with Crippen molar-refractivity contribution in [3.8, 4) is 0 Å². The zero-order chi connectivity index (χ0) is 10.5. The Labute approximate surface area is 88.8 Å². The van der Waals surface area contributed by atoms with Gasteiger partial charge in [0.05, 0.1) is 12.9 Å². The van der Waals surface area contributed by atoms with Crippen LogP contribution in [0.1, 0.15) is 18.4 Å². The van der Waals surface area contributed by atoms with Gasteiger partial charge in [0.25, 0.3) is 0 Å². The molecule has 0 saturated heterocycles. The number of nitrogens with zero attached hydrogens (tertiary/aromatic N) is 1. The van der Waals surface area contributed by atoms with E-state index in [4.69, 9.17) is 4.74 Å². The van der Waals surface area contributed by atoms with Crippen LogP contribution in [0.4, 0.5) is 0 Å². The second-order valence-electron chi connectivity index (χ2n) is 3.57. The Morgan fingerprint density at radius 3 is 2.87 bits per heavy atom. The van der Waals surface area contributed by atoms with Crippen molar-refractivity contribution >= 4 is 5.78 Å². The Hall–Kier alpha value is -1.64. The van der Waals surface area contributed by atoms with Crippen LogP contribution < -0.4 is 0 Å². The normalized spacial score (nSPS) is 15.3. The lowest BCUT2D eigenvalue weighted by molar-refractivity contribution is -0.115. The van der Waals surface area contributed by atoms with Gasteiger partial charge in [-0.2, -0.15) is 0 Å². The number of carbonyl (C=O) groups is 1. The van der Waals surface area contributed by atoms with Crippen LogP contribution in [-0.4, -0.2) is 17.4 Å². The maximum Gasteiger partial charge on any atom is 0.166 e. The molecule has 2 rings (SSSR count). The number of hydrogen-bond acceptors (Lipinski definition) is 3. The molecule has 0 saturated carbocycles. The van der Waals surface area contributed by atoms with E-state index in [9.17, 15) is 4.79 Å². The fourth-order valence-electron chi connectivity index (χ4n) is 1.57. The van der Waals surface area contributed by atoms with Crippen molar-refractivity contribution in [2.75, 3.05) is 6.61 Å². The summed E-state index contributed by atoms with van der Waals surface area (Å²) in [6, 6.07) is 3.73. The van der Waals surface area contributed by atoms with E-state index in [1.165, 1.54) is 0 Å². The van der Waals surface area contributed by atoms with Gasteiger partial charge in [-0.1, -0.05) is 0 Å². The third-order valence-corrected chi connectivity index (χ3v) is 2.41. The van der Waals surface area contributed by atoms with Crippen LogP contribution in [0.25, 0.3) is 0 Å². The number of pyridine rings is 1. The Morgan fingerprint density at radius 1 is 1.40 bits per heavy atom. The Kier molecular flexibility index (Phi) is 3.12. The predicted molar refractivity (Wildman–Crippen MR) is 56.2 cm³/mol. The fourth-order valence-corrected chi connectivity index (χ4v) is 1.57. The van der Waals surface area contributed by atoms with Crippen LogP contribution in [0.2, 0.25) is 0 Å². The molecule has 2 heterocycles. The number of carbonyl (C=O) groups excluding carboxylic acids is 1. The molecule has 3 nitrogen and oxygen atoms in total. The molecular formula is C12H13NO2. The number of hydrogen-bond donors (Lipinski definition) is 0. The van der Waals surface area contributed by atoms with E-state index < -0.39 is 0 Å². The highest BCUT2D eigenvalue weighted by Gasteiger charge is 2.13. The molecule has 15 heavy (non-hydrogen) atoms. The van der Waals surface area contributed by atoms with Crippen LogP contribution >= 0.6 is 0 Å². The lowest BCUT2D eigenvalue weighted by Crippen LogP contribution is -2.11. The molecule has 0 unspecified atom stereocenters. The molecule has 1 aliphatic heterocycles. The van der Waals surface area contributed by atoms with Gasteiger partial charge in [0.1, 0.15) is 0 Å². The number of ether oxygens (including phenoxy) is 1. The molecule has 0 fully saturated rings. The monoisotopic (exact) mass is 203 g/mol. The van der Waals surface area contributed by atoms with Crippen LogP contribution in [0, 0.1) is 0 Å². The molecule has 0 aliphatic carbocycles. The van der Waals surface area contributed by atoms with Crippen molar-refractivity contribution in [1.82, 2.24) is 4.98 Å². The van der Waals surface area contributed by atoms with Gasteiger partial charge >= 0.3 is 0 Å². The first kappa shape index (κ1) is 9.90. The van der Waals surface area contributed by atoms with Crippen LogP contribution in [0.5, 0.6) is 0 Å². The molecule has 0 bridgehead atoms. The van der Waals surface area contributed by atoms with Gasteiger partial charge in [0.2, 0.25) is 0 Å². The SMILES string of the molecule is O=C(Cc1ccncc1)C1=COCCC1. The predicted octanol–water partition coefficient (Wildman–Crippen LogP) is 1.89. The summed E-state index contributed by atoms with van der Waals surface area (Å²) in [5, 5.41) is 0. The average molecular weight is 203 g/mol. The number of allylic oxidation sites excluding steroid dienone is 1. The second-order valence-corrected chi connectivity index (χ2v) is 3.57. The first-order valence-electron chi connectivity index (χ1n) is 5.09. The van der Waals surface area contributed by atoms with Crippen molar-refractivity contribution in [1.29, 1.82) is 0 Å². The molecule has 0 amide bonds. The lowest BCUT2D eigenvalue weighted by atomic mass is 10.0. The van der Waals surface area contributed by atoms with Crippen LogP contribution in [0.15, 0.2) is 36.4 Å². The number of ketones is 1. The van der Waals surface area contributed by atoms with E-state index in [1.807, 2.05) is 12.1 Å². The molecule has 0 spiro atoms. The van der Waals surface area contributed by atoms with Crippen LogP contribution in [0.3, 0.4) is 0 Å². The highest BCUT2D eigenvalue weighted by molar-refractivity contribution is 5.96. The number of rotatable bonds is 3. The van der Waals surface area contributed by atoms with Crippen molar-refractivity contribution in [3.63, 3.8) is 0 Å². The van der Waals surface area contributed by atoms with Gasteiger partial charge in [-0.05, 0) is 30.5 Å². The Balaban J connectivity index is 2.00. The second kappa shape index (κ2) is 4.73. The third-order valence-electron chi connectivity index (χ3n) is 2.41. The van der Waals surface area contributed by atoms with Crippen molar-refractivity contribution < 1.29 is 9.53 Å². The summed E-state index contributed by atoms with van der Waals surface area (Å²) >= 11 is 0. The lowest BCUT2D eigenvalue weighted by Gasteiger charge is -2.12. The smallest absolute Gasteiger partial charge is 0.166 e. The zero-order valence-electron chi connectivity index (χ0n) is 8.48. The summed E-state index contributed by atoms with van der Waals surface area (Å²) in [5.74, 6) is 0.154. The quantitative estimate of drug-likeness (QED) is 0.753. The highest BCUT2D eigenvalue weighted by atomic mass is 16.5. The first-order valence-corrected chi connectivity index (χ1v) is 5.09. The molecule has 1 aromatic rings. The highest BCUT2D eigenvalue weighted by Crippen LogP contribution is 2.14. The zero-order valence-corrected chi connectivity index (χ0v) is 8.48. The van der Waals surface area contributed by atoms with Gasteiger partial charge in [-0.25, -0.2) is 0 Å². The van der Waals surface area contributed by atoms with Crippen LogP contribution in [-0.2, 0) is 16.0 Å².